The fourth-order valence-electron chi connectivity index (χ4n) is 5.40. The molecule has 0 atom stereocenters. The maximum atomic E-state index is 2.45. The van der Waals surface area contributed by atoms with E-state index in [-0.39, 0.29) is 0 Å². The molecule has 2 aliphatic rings. The highest BCUT2D eigenvalue weighted by molar-refractivity contribution is 6.15. The molecule has 0 fully saturated rings. The van der Waals surface area contributed by atoms with Crippen LogP contribution in [0.1, 0.15) is 22.3 Å². The average molecular weight is 354 g/mol. The van der Waals surface area contributed by atoms with Crippen molar-refractivity contribution in [2.45, 2.75) is 12.8 Å². The van der Waals surface area contributed by atoms with Gasteiger partial charge in [0.15, 0.2) is 0 Å². The summed E-state index contributed by atoms with van der Waals surface area (Å²) in [4.78, 5) is 0. The van der Waals surface area contributed by atoms with E-state index in [2.05, 4.69) is 85.0 Å². The third-order valence-electron chi connectivity index (χ3n) is 6.58. The van der Waals surface area contributed by atoms with Crippen LogP contribution in [0.2, 0.25) is 0 Å². The van der Waals surface area contributed by atoms with Crippen LogP contribution in [0, 0.1) is 0 Å². The Kier molecular flexibility index (Phi) is 2.67. The summed E-state index contributed by atoms with van der Waals surface area (Å²) < 4.78 is 0. The summed E-state index contributed by atoms with van der Waals surface area (Å²) in [5, 5.41) is 11.1. The van der Waals surface area contributed by atoms with Crippen LogP contribution >= 0.6 is 0 Å². The molecule has 0 radical (unpaired) electrons. The van der Waals surface area contributed by atoms with Gasteiger partial charge < -0.3 is 0 Å². The van der Waals surface area contributed by atoms with Crippen molar-refractivity contribution < 1.29 is 0 Å². The Balaban J connectivity index is 1.71. The van der Waals surface area contributed by atoms with Crippen LogP contribution in [-0.2, 0) is 12.8 Å². The molecule has 5 aromatic carbocycles. The summed E-state index contributed by atoms with van der Waals surface area (Å²) in [6.45, 7) is 0. The summed E-state index contributed by atoms with van der Waals surface area (Å²) in [6, 6.07) is 23.0. The SMILES string of the molecule is C1=Cc2c3cc4c5c6c(cccc6cc4cc3cc3cccc(c23)C1)C=CC5. The molecule has 0 bridgehead atoms. The molecule has 0 saturated carbocycles. The van der Waals surface area contributed by atoms with Crippen LogP contribution in [0.5, 0.6) is 0 Å². The number of hydrogen-bond acceptors (Lipinski definition) is 0. The number of allylic oxidation sites excluding steroid dienone is 2. The standard InChI is InChI=1S/C28H18/c1-5-17-7-3-11-23-25-16-26-22(15-21(25)13-19(9-1)27(17)23)14-20-10-2-6-18-8-4-12-24(26)28(18)20/h1-7,9-10,12-16H,8,11H2. The minimum absolute atomic E-state index is 1.01. The lowest BCUT2D eigenvalue weighted by Gasteiger charge is -2.19. The van der Waals surface area contributed by atoms with Crippen molar-refractivity contribution in [2.75, 3.05) is 0 Å². The van der Waals surface area contributed by atoms with E-state index in [9.17, 15) is 0 Å². The van der Waals surface area contributed by atoms with Crippen LogP contribution in [0.4, 0.5) is 0 Å². The number of benzene rings is 5. The number of rotatable bonds is 0. The van der Waals surface area contributed by atoms with E-state index < -0.39 is 0 Å². The van der Waals surface area contributed by atoms with Gasteiger partial charge in [-0.2, -0.15) is 0 Å². The minimum Gasteiger partial charge on any atom is -0.0795 e. The highest BCUT2D eigenvalue weighted by Crippen LogP contribution is 2.40. The molecule has 7 rings (SSSR count). The molecule has 0 unspecified atom stereocenters. The van der Waals surface area contributed by atoms with Gasteiger partial charge in [0.2, 0.25) is 0 Å². The maximum absolute atomic E-state index is 2.45. The van der Waals surface area contributed by atoms with Crippen molar-refractivity contribution in [1.82, 2.24) is 0 Å². The van der Waals surface area contributed by atoms with Crippen molar-refractivity contribution in [3.8, 4) is 0 Å². The Morgan fingerprint density at radius 2 is 1.32 bits per heavy atom. The first-order valence-corrected chi connectivity index (χ1v) is 10.1. The monoisotopic (exact) mass is 354 g/mol. The van der Waals surface area contributed by atoms with Crippen LogP contribution in [0.15, 0.2) is 72.8 Å². The molecule has 5 aromatic rings. The molecule has 0 spiro atoms. The normalized spacial score (nSPS) is 14.6. The van der Waals surface area contributed by atoms with Crippen molar-refractivity contribution in [3.05, 3.63) is 95.1 Å². The van der Waals surface area contributed by atoms with Crippen LogP contribution < -0.4 is 0 Å². The van der Waals surface area contributed by atoms with E-state index in [4.69, 9.17) is 0 Å². The van der Waals surface area contributed by atoms with Gasteiger partial charge in [-0.3, -0.25) is 0 Å². The maximum Gasteiger partial charge on any atom is -0.00698 e. The van der Waals surface area contributed by atoms with Crippen molar-refractivity contribution in [1.29, 1.82) is 0 Å². The Labute approximate surface area is 163 Å². The first-order valence-electron chi connectivity index (χ1n) is 10.1. The highest BCUT2D eigenvalue weighted by Gasteiger charge is 2.16. The summed E-state index contributed by atoms with van der Waals surface area (Å²) >= 11 is 0. The van der Waals surface area contributed by atoms with Gasteiger partial charge in [0.1, 0.15) is 0 Å². The molecule has 28 heavy (non-hydrogen) atoms. The lowest BCUT2D eigenvalue weighted by Crippen LogP contribution is -1.97. The Morgan fingerprint density at radius 3 is 2.25 bits per heavy atom. The van der Waals surface area contributed by atoms with Gasteiger partial charge in [-0.05, 0) is 102 Å². The predicted octanol–water partition coefficient (Wildman–Crippen LogP) is 7.44. The molecule has 0 nitrogen and oxygen atoms in total. The van der Waals surface area contributed by atoms with Gasteiger partial charge in [-0.1, -0.05) is 60.7 Å². The predicted molar refractivity (Wildman–Crippen MR) is 122 cm³/mol. The zero-order chi connectivity index (χ0) is 18.2. The Morgan fingerprint density at radius 1 is 0.571 bits per heavy atom. The van der Waals surface area contributed by atoms with E-state index in [0.717, 1.165) is 12.8 Å². The summed E-state index contributed by atoms with van der Waals surface area (Å²) in [7, 11) is 0. The average Bonchev–Trinajstić information content (AvgIpc) is 2.74. The molecule has 2 aliphatic carbocycles. The molecule has 0 heteroatoms. The number of hydrogen-bond donors (Lipinski definition) is 0. The molecule has 0 amide bonds. The van der Waals surface area contributed by atoms with Crippen molar-refractivity contribution >= 4 is 55.2 Å². The Hall–Kier alpha value is -3.38. The lowest BCUT2D eigenvalue weighted by atomic mass is 9.85. The van der Waals surface area contributed by atoms with E-state index >= 15 is 0 Å². The zero-order valence-corrected chi connectivity index (χ0v) is 15.5. The molecule has 130 valence electrons. The number of fused-ring (bicyclic) bond motifs is 4. The van der Waals surface area contributed by atoms with Gasteiger partial charge in [0.25, 0.3) is 0 Å². The quantitative estimate of drug-likeness (QED) is 0.254. The minimum atomic E-state index is 1.01. The van der Waals surface area contributed by atoms with Gasteiger partial charge in [0, 0.05) is 0 Å². The topological polar surface area (TPSA) is 0 Å². The zero-order valence-electron chi connectivity index (χ0n) is 15.5. The third kappa shape index (κ3) is 1.80. The smallest absolute Gasteiger partial charge is 0.00698 e. The van der Waals surface area contributed by atoms with Crippen LogP contribution in [0.25, 0.3) is 55.2 Å². The third-order valence-corrected chi connectivity index (χ3v) is 6.58. The lowest BCUT2D eigenvalue weighted by molar-refractivity contribution is 1.30. The van der Waals surface area contributed by atoms with E-state index in [0.29, 0.717) is 0 Å². The van der Waals surface area contributed by atoms with Gasteiger partial charge >= 0.3 is 0 Å². The Bertz CT molecular complexity index is 1540. The van der Waals surface area contributed by atoms with Gasteiger partial charge in [-0.15, -0.1) is 0 Å². The first kappa shape index (κ1) is 14.6. The summed E-state index contributed by atoms with van der Waals surface area (Å²) in [5.74, 6) is 0. The van der Waals surface area contributed by atoms with Gasteiger partial charge in [-0.25, -0.2) is 0 Å². The van der Waals surface area contributed by atoms with Crippen LogP contribution in [0.3, 0.4) is 0 Å². The van der Waals surface area contributed by atoms with Crippen LogP contribution in [-0.4, -0.2) is 0 Å². The molecular formula is C28H18. The second kappa shape index (κ2) is 5.11. The fraction of sp³-hybridized carbons (Fsp3) is 0.0714. The molecule has 0 aliphatic heterocycles. The van der Waals surface area contributed by atoms with Crippen molar-refractivity contribution in [3.63, 3.8) is 0 Å². The molecule has 0 heterocycles. The van der Waals surface area contributed by atoms with Crippen molar-refractivity contribution in [2.24, 2.45) is 0 Å². The second-order valence-electron chi connectivity index (χ2n) is 8.11. The summed E-state index contributed by atoms with van der Waals surface area (Å²) in [5.41, 5.74) is 5.67. The van der Waals surface area contributed by atoms with E-state index in [1.54, 1.807) is 0 Å². The molecular weight excluding hydrogens is 336 g/mol. The van der Waals surface area contributed by atoms with Gasteiger partial charge in [0.05, 0.1) is 0 Å². The molecule has 0 saturated heterocycles. The molecule has 0 aromatic heterocycles. The first-order chi connectivity index (χ1) is 13.9. The van der Waals surface area contributed by atoms with E-state index in [1.165, 1.54) is 65.3 Å². The second-order valence-corrected chi connectivity index (χ2v) is 8.11. The summed E-state index contributed by atoms with van der Waals surface area (Å²) in [6.07, 6.45) is 11.3. The largest absolute Gasteiger partial charge is 0.0795 e. The fourth-order valence-corrected chi connectivity index (χ4v) is 5.40. The highest BCUT2D eigenvalue weighted by atomic mass is 14.2. The van der Waals surface area contributed by atoms with E-state index in [1.807, 2.05) is 0 Å². The molecule has 0 N–H and O–H groups in total.